The molecule has 2 rings (SSSR count). The van der Waals surface area contributed by atoms with Gasteiger partial charge in [-0.3, -0.25) is 0 Å². The maximum Gasteiger partial charge on any atom is 0.191 e. The van der Waals surface area contributed by atoms with Crippen molar-refractivity contribution >= 4 is 5.96 Å². The van der Waals surface area contributed by atoms with Gasteiger partial charge in [0, 0.05) is 25.5 Å². The Morgan fingerprint density at radius 2 is 2.12 bits per heavy atom. The van der Waals surface area contributed by atoms with Crippen LogP contribution in [0.1, 0.15) is 38.6 Å². The predicted octanol–water partition coefficient (Wildman–Crippen LogP) is 3.42. The lowest BCUT2D eigenvalue weighted by molar-refractivity contribution is 0.573. The lowest BCUT2D eigenvalue weighted by atomic mass is 10.1. The molecule has 2 N–H and O–H groups in total. The van der Waals surface area contributed by atoms with Crippen LogP contribution in [0.5, 0.6) is 0 Å². The third-order valence-electron chi connectivity index (χ3n) is 3.88. The van der Waals surface area contributed by atoms with E-state index in [-0.39, 0.29) is 5.82 Å². The van der Waals surface area contributed by atoms with Crippen LogP contribution in [0.4, 0.5) is 4.39 Å². The molecular weight excluding hydrogens is 317 g/mol. The van der Waals surface area contributed by atoms with Gasteiger partial charge in [-0.1, -0.05) is 19.9 Å². The monoisotopic (exact) mass is 345 g/mol. The average molecular weight is 345 g/mol. The highest BCUT2D eigenvalue weighted by Gasteiger charge is 2.08. The second kappa shape index (κ2) is 9.20. The van der Waals surface area contributed by atoms with Gasteiger partial charge in [0.25, 0.3) is 0 Å². The van der Waals surface area contributed by atoms with Crippen LogP contribution in [0.2, 0.25) is 0 Å². The largest absolute Gasteiger partial charge is 0.357 e. The Morgan fingerprint density at radius 3 is 2.72 bits per heavy atom. The maximum absolute atomic E-state index is 14.4. The summed E-state index contributed by atoms with van der Waals surface area (Å²) in [4.78, 5) is 8.68. The van der Waals surface area contributed by atoms with Crippen molar-refractivity contribution in [2.45, 2.75) is 40.7 Å². The fourth-order valence-electron chi connectivity index (χ4n) is 2.47. The van der Waals surface area contributed by atoms with Crippen LogP contribution in [0.25, 0.3) is 5.69 Å². The fourth-order valence-corrected chi connectivity index (χ4v) is 2.47. The van der Waals surface area contributed by atoms with Crippen LogP contribution in [-0.2, 0) is 6.54 Å². The molecule has 25 heavy (non-hydrogen) atoms. The first kappa shape index (κ1) is 19.0. The standard InChI is InChI=1S/C19H28FN5/c1-5-21-19(23-9-8-14(2)3)24-13-16-6-7-18(17(20)12-16)25-11-10-22-15(25)4/h6-7,10-12,14H,5,8-9,13H2,1-4H3,(H2,21,23,24). The Hall–Kier alpha value is -2.37. The number of aliphatic imine (C=N–C) groups is 1. The molecule has 1 aromatic carbocycles. The molecule has 1 aromatic heterocycles. The Labute approximate surface area is 149 Å². The minimum absolute atomic E-state index is 0.272. The Balaban J connectivity index is 2.05. The van der Waals surface area contributed by atoms with Crippen molar-refractivity contribution in [3.05, 3.63) is 47.8 Å². The minimum atomic E-state index is -0.272. The summed E-state index contributed by atoms with van der Waals surface area (Å²) in [5, 5.41) is 6.53. The van der Waals surface area contributed by atoms with Crippen molar-refractivity contribution in [1.29, 1.82) is 0 Å². The third kappa shape index (κ3) is 5.59. The SMILES string of the molecule is CCNC(=NCc1ccc(-n2ccnc2C)c(F)c1)NCCC(C)C. The first-order chi connectivity index (χ1) is 12.0. The number of hydrogen-bond acceptors (Lipinski definition) is 2. The van der Waals surface area contributed by atoms with Gasteiger partial charge in [0.1, 0.15) is 11.6 Å². The topological polar surface area (TPSA) is 54.2 Å². The number of nitrogens with zero attached hydrogens (tertiary/aromatic N) is 3. The fraction of sp³-hybridized carbons (Fsp3) is 0.474. The third-order valence-corrected chi connectivity index (χ3v) is 3.88. The molecule has 1 heterocycles. The first-order valence-electron chi connectivity index (χ1n) is 8.82. The molecule has 2 aromatic rings. The molecule has 0 aliphatic heterocycles. The molecule has 0 aliphatic rings. The zero-order valence-corrected chi connectivity index (χ0v) is 15.5. The number of imidazole rings is 1. The molecule has 0 radical (unpaired) electrons. The Kier molecular flexibility index (Phi) is 6.98. The predicted molar refractivity (Wildman–Crippen MR) is 101 cm³/mol. The van der Waals surface area contributed by atoms with Crippen LogP contribution < -0.4 is 10.6 Å². The lowest BCUT2D eigenvalue weighted by Gasteiger charge is -2.12. The average Bonchev–Trinajstić information content (AvgIpc) is 2.98. The highest BCUT2D eigenvalue weighted by molar-refractivity contribution is 5.79. The van der Waals surface area contributed by atoms with Gasteiger partial charge in [-0.25, -0.2) is 14.4 Å². The zero-order chi connectivity index (χ0) is 18.2. The van der Waals surface area contributed by atoms with Crippen LogP contribution in [0.3, 0.4) is 0 Å². The lowest BCUT2D eigenvalue weighted by Crippen LogP contribution is -2.38. The number of rotatable bonds is 7. The van der Waals surface area contributed by atoms with Crippen molar-refractivity contribution in [3.8, 4) is 5.69 Å². The van der Waals surface area contributed by atoms with E-state index in [2.05, 4.69) is 34.5 Å². The highest BCUT2D eigenvalue weighted by Crippen LogP contribution is 2.17. The van der Waals surface area contributed by atoms with Crippen LogP contribution in [0, 0.1) is 18.7 Å². The molecule has 0 unspecified atom stereocenters. The molecule has 0 atom stereocenters. The summed E-state index contributed by atoms with van der Waals surface area (Å²) in [5.74, 6) is 1.89. The van der Waals surface area contributed by atoms with E-state index in [1.165, 1.54) is 6.07 Å². The summed E-state index contributed by atoms with van der Waals surface area (Å²) in [5.41, 5.74) is 1.34. The van der Waals surface area contributed by atoms with Crippen LogP contribution in [0.15, 0.2) is 35.6 Å². The first-order valence-corrected chi connectivity index (χ1v) is 8.82. The molecule has 0 bridgehead atoms. The van der Waals surface area contributed by atoms with Crippen molar-refractivity contribution < 1.29 is 4.39 Å². The van der Waals surface area contributed by atoms with Crippen molar-refractivity contribution in [2.75, 3.05) is 13.1 Å². The van der Waals surface area contributed by atoms with Gasteiger partial charge in [0.2, 0.25) is 0 Å². The second-order valence-corrected chi connectivity index (χ2v) is 6.43. The Morgan fingerprint density at radius 1 is 1.32 bits per heavy atom. The van der Waals surface area contributed by atoms with Crippen LogP contribution in [-0.4, -0.2) is 28.6 Å². The summed E-state index contributed by atoms with van der Waals surface area (Å²) in [6.07, 6.45) is 4.50. The quantitative estimate of drug-likeness (QED) is 0.597. The van der Waals surface area contributed by atoms with E-state index < -0.39 is 0 Å². The van der Waals surface area contributed by atoms with Crippen molar-refractivity contribution in [1.82, 2.24) is 20.2 Å². The van der Waals surface area contributed by atoms with E-state index in [0.29, 0.717) is 18.2 Å². The number of aryl methyl sites for hydroxylation is 1. The molecule has 0 fully saturated rings. The van der Waals surface area contributed by atoms with Gasteiger partial charge in [-0.15, -0.1) is 0 Å². The molecule has 136 valence electrons. The summed E-state index contributed by atoms with van der Waals surface area (Å²) < 4.78 is 16.2. The number of halogens is 1. The van der Waals surface area contributed by atoms with Crippen molar-refractivity contribution in [2.24, 2.45) is 10.9 Å². The van der Waals surface area contributed by atoms with Crippen LogP contribution >= 0.6 is 0 Å². The van der Waals surface area contributed by atoms with E-state index >= 15 is 0 Å². The van der Waals surface area contributed by atoms with E-state index in [4.69, 9.17) is 0 Å². The van der Waals surface area contributed by atoms with E-state index in [9.17, 15) is 4.39 Å². The molecule has 0 saturated carbocycles. The van der Waals surface area contributed by atoms with Gasteiger partial charge < -0.3 is 15.2 Å². The van der Waals surface area contributed by atoms with E-state index in [1.807, 2.05) is 19.9 Å². The number of nitrogens with one attached hydrogen (secondary N) is 2. The van der Waals surface area contributed by atoms with Gasteiger partial charge in [0.15, 0.2) is 5.96 Å². The summed E-state index contributed by atoms with van der Waals surface area (Å²) in [7, 11) is 0. The van der Waals surface area contributed by atoms with E-state index in [0.717, 1.165) is 36.9 Å². The second-order valence-electron chi connectivity index (χ2n) is 6.43. The minimum Gasteiger partial charge on any atom is -0.357 e. The zero-order valence-electron chi connectivity index (χ0n) is 15.5. The van der Waals surface area contributed by atoms with Gasteiger partial charge in [-0.2, -0.15) is 0 Å². The molecule has 0 spiro atoms. The summed E-state index contributed by atoms with van der Waals surface area (Å²) >= 11 is 0. The number of aromatic nitrogens is 2. The molecular formula is C19H28FN5. The van der Waals surface area contributed by atoms with Crippen molar-refractivity contribution in [3.63, 3.8) is 0 Å². The summed E-state index contributed by atoms with van der Waals surface area (Å²) in [6, 6.07) is 5.21. The number of benzene rings is 1. The molecule has 0 aliphatic carbocycles. The maximum atomic E-state index is 14.4. The molecule has 0 amide bonds. The smallest absolute Gasteiger partial charge is 0.191 e. The normalized spacial score (nSPS) is 11.8. The molecule has 5 nitrogen and oxygen atoms in total. The van der Waals surface area contributed by atoms with E-state index in [1.54, 1.807) is 23.0 Å². The Bertz CT molecular complexity index is 706. The molecule has 0 saturated heterocycles. The van der Waals surface area contributed by atoms with Gasteiger partial charge in [0.05, 0.1) is 12.2 Å². The van der Waals surface area contributed by atoms with Gasteiger partial charge >= 0.3 is 0 Å². The summed E-state index contributed by atoms with van der Waals surface area (Å²) in [6.45, 7) is 10.4. The molecule has 6 heteroatoms. The number of hydrogen-bond donors (Lipinski definition) is 2. The highest BCUT2D eigenvalue weighted by atomic mass is 19.1. The van der Waals surface area contributed by atoms with Gasteiger partial charge in [-0.05, 0) is 43.9 Å². The number of guanidine groups is 1.